The first-order valence-corrected chi connectivity index (χ1v) is 23.1. The molecule has 0 aliphatic carbocycles. The van der Waals surface area contributed by atoms with Crippen molar-refractivity contribution in [1.82, 2.24) is 34.3 Å². The van der Waals surface area contributed by atoms with Gasteiger partial charge in [0.05, 0.1) is 11.6 Å². The van der Waals surface area contributed by atoms with Gasteiger partial charge in [0.25, 0.3) is 6.43 Å². The quantitative estimate of drug-likeness (QED) is 0.105. The smallest absolute Gasteiger partial charge is 0.301 e. The third kappa shape index (κ3) is 9.19. The molecule has 9 rings (SSSR count). The second-order valence-corrected chi connectivity index (χ2v) is 18.5. The van der Waals surface area contributed by atoms with E-state index in [-0.39, 0.29) is 53.3 Å². The van der Waals surface area contributed by atoms with Gasteiger partial charge in [-0.25, -0.2) is 27.2 Å². The maximum atomic E-state index is 16.4. The number of piperidine rings is 2. The summed E-state index contributed by atoms with van der Waals surface area (Å²) in [6.45, 7) is 6.19. The minimum atomic E-state index is -4.23. The fraction of sp³-hybridized carbons (Fsp3) is 0.400. The van der Waals surface area contributed by atoms with Gasteiger partial charge in [-0.15, -0.1) is 0 Å². The molecule has 0 unspecified atom stereocenters. The van der Waals surface area contributed by atoms with Gasteiger partial charge in [0.15, 0.2) is 11.6 Å². The normalized spacial score (nSPS) is 19.4. The fourth-order valence-electron chi connectivity index (χ4n) is 9.17. The van der Waals surface area contributed by atoms with Crippen molar-refractivity contribution in [2.75, 3.05) is 73.4 Å². The number of halogens is 4. The van der Waals surface area contributed by atoms with E-state index in [1.807, 2.05) is 12.1 Å². The minimum Gasteiger partial charge on any atom is -0.369 e. The number of alkyl halides is 2. The van der Waals surface area contributed by atoms with Gasteiger partial charge >= 0.3 is 10.2 Å². The number of hydrogen-bond acceptors (Lipinski definition) is 10. The minimum absolute atomic E-state index is 0.0513. The zero-order valence-corrected chi connectivity index (χ0v) is 35.8. The topological polar surface area (TPSA) is 149 Å². The van der Waals surface area contributed by atoms with Crippen molar-refractivity contribution in [3.63, 3.8) is 0 Å². The van der Waals surface area contributed by atoms with E-state index in [0.717, 1.165) is 73.4 Å². The largest absolute Gasteiger partial charge is 0.369 e. The Morgan fingerprint density at radius 2 is 1.58 bits per heavy atom. The molecule has 5 aromatic rings. The van der Waals surface area contributed by atoms with Crippen molar-refractivity contribution in [2.45, 2.75) is 50.9 Å². The standard InChI is InChI=1S/C45H48F4N10O4S/c46-37-25-33(56-21-19-55(20-22-56)27-29-11-17-57(18-12-29)40-7-3-31(26-51-40)34-5-8-41(60)52-45(34)61)4-6-39(37)59-28-36(43(53-59)30-9-13-50-14-10-30)35-23-32(44(48)49)24-38(42(35)47)54-64(62,63)58-15-1-2-16-58/h3-4,6-7,9-10,13-14,23-26,28-29,34,44,54H,1-2,5,8,11-12,15-22,27H2,(H,52,60,61)/t34-/m1/s1. The Balaban J connectivity index is 0.858. The number of carbonyl (C=O) groups excluding carboxylic acids is 2. The Labute approximate surface area is 368 Å². The van der Waals surface area contributed by atoms with Gasteiger partial charge in [0.2, 0.25) is 11.8 Å². The van der Waals surface area contributed by atoms with E-state index in [2.05, 4.69) is 39.8 Å². The highest BCUT2D eigenvalue weighted by Gasteiger charge is 2.31. The SMILES string of the molecule is O=C1CC[C@H](c2ccc(N3CCC(CN4CCN(c5ccc(-n6cc(-c7cc(C(F)F)cc(NS(=O)(=O)N8CCCC8)c7F)c(-c7ccncc7)n6)c(F)c5)CC4)CC3)nc2)C(=O)N1. The van der Waals surface area contributed by atoms with Crippen LogP contribution in [0.1, 0.15) is 62.0 Å². The summed E-state index contributed by atoms with van der Waals surface area (Å²) >= 11 is 0. The van der Waals surface area contributed by atoms with E-state index < -0.39 is 39.5 Å². The van der Waals surface area contributed by atoms with Crippen LogP contribution < -0.4 is 19.8 Å². The molecule has 4 fully saturated rings. The molecular weight excluding hydrogens is 853 g/mol. The number of rotatable bonds is 12. The van der Waals surface area contributed by atoms with Gasteiger partial charge in [0, 0.05) is 118 Å². The molecule has 3 aromatic heterocycles. The second kappa shape index (κ2) is 18.3. The lowest BCUT2D eigenvalue weighted by molar-refractivity contribution is -0.134. The summed E-state index contributed by atoms with van der Waals surface area (Å²) in [6, 6.07) is 13.7. The molecule has 4 saturated heterocycles. The maximum absolute atomic E-state index is 16.4. The maximum Gasteiger partial charge on any atom is 0.301 e. The molecule has 0 saturated carbocycles. The Morgan fingerprint density at radius 1 is 0.828 bits per heavy atom. The highest BCUT2D eigenvalue weighted by atomic mass is 32.2. The van der Waals surface area contributed by atoms with E-state index in [1.165, 1.54) is 29.3 Å². The summed E-state index contributed by atoms with van der Waals surface area (Å²) in [4.78, 5) is 39.4. The number of amides is 2. The molecule has 336 valence electrons. The molecule has 64 heavy (non-hydrogen) atoms. The number of pyridine rings is 2. The van der Waals surface area contributed by atoms with Crippen LogP contribution in [-0.4, -0.2) is 108 Å². The number of piperazine rings is 1. The Kier molecular flexibility index (Phi) is 12.4. The van der Waals surface area contributed by atoms with E-state index in [0.29, 0.717) is 55.9 Å². The van der Waals surface area contributed by atoms with Crippen LogP contribution in [0.15, 0.2) is 79.4 Å². The average Bonchev–Trinajstić information content (AvgIpc) is 4.01. The molecule has 2 amide bonds. The van der Waals surface area contributed by atoms with Crippen molar-refractivity contribution in [3.8, 4) is 28.1 Å². The Morgan fingerprint density at radius 3 is 2.25 bits per heavy atom. The first-order chi connectivity index (χ1) is 30.9. The van der Waals surface area contributed by atoms with Crippen molar-refractivity contribution in [1.29, 1.82) is 0 Å². The summed E-state index contributed by atoms with van der Waals surface area (Å²) in [5.41, 5.74) is 0.673. The van der Waals surface area contributed by atoms with Gasteiger partial charge in [-0.3, -0.25) is 29.5 Å². The zero-order chi connectivity index (χ0) is 44.5. The van der Waals surface area contributed by atoms with Crippen molar-refractivity contribution >= 4 is 39.2 Å². The summed E-state index contributed by atoms with van der Waals surface area (Å²) in [6.07, 6.45) is 7.15. The number of nitrogens with one attached hydrogen (secondary N) is 2. The lowest BCUT2D eigenvalue weighted by Crippen LogP contribution is -2.49. The van der Waals surface area contributed by atoms with E-state index in [4.69, 9.17) is 0 Å². The molecule has 1 atom stereocenters. The second-order valence-electron chi connectivity index (χ2n) is 16.8. The summed E-state index contributed by atoms with van der Waals surface area (Å²) < 4.78 is 92.0. The summed E-state index contributed by atoms with van der Waals surface area (Å²) in [7, 11) is -4.23. The van der Waals surface area contributed by atoms with Crippen molar-refractivity contribution in [3.05, 3.63) is 102 Å². The molecule has 2 aromatic carbocycles. The third-order valence-corrected chi connectivity index (χ3v) is 14.3. The van der Waals surface area contributed by atoms with Crippen LogP contribution in [0, 0.1) is 17.6 Å². The number of benzene rings is 2. The molecule has 7 heterocycles. The van der Waals surface area contributed by atoms with Gasteiger partial charge in [-0.2, -0.15) is 17.8 Å². The first-order valence-electron chi connectivity index (χ1n) is 21.6. The third-order valence-electron chi connectivity index (χ3n) is 12.7. The Bertz CT molecular complexity index is 2610. The van der Waals surface area contributed by atoms with Crippen LogP contribution in [0.4, 0.5) is 34.8 Å². The van der Waals surface area contributed by atoms with Crippen molar-refractivity contribution < 1.29 is 35.6 Å². The number of imide groups is 1. The molecule has 0 spiro atoms. The van der Waals surface area contributed by atoms with Crippen LogP contribution in [-0.2, 0) is 19.8 Å². The summed E-state index contributed by atoms with van der Waals surface area (Å²) in [5, 5.41) is 7.03. The predicted octanol–water partition coefficient (Wildman–Crippen LogP) is 6.52. The predicted molar refractivity (Wildman–Crippen MR) is 233 cm³/mol. The molecular formula is C45H48F4N10O4S. The van der Waals surface area contributed by atoms with E-state index in [9.17, 15) is 26.8 Å². The van der Waals surface area contributed by atoms with Crippen LogP contribution in [0.3, 0.4) is 0 Å². The van der Waals surface area contributed by atoms with E-state index >= 15 is 8.78 Å². The number of nitrogens with zero attached hydrogens (tertiary/aromatic N) is 8. The van der Waals surface area contributed by atoms with Gasteiger partial charge in [0.1, 0.15) is 17.2 Å². The molecule has 4 aliphatic heterocycles. The van der Waals surface area contributed by atoms with Crippen molar-refractivity contribution in [2.24, 2.45) is 5.92 Å². The first kappa shape index (κ1) is 43.3. The summed E-state index contributed by atoms with van der Waals surface area (Å²) in [5.74, 6) is -1.12. The molecule has 0 radical (unpaired) electrons. The average molecular weight is 901 g/mol. The number of carbonyl (C=O) groups is 2. The van der Waals surface area contributed by atoms with Gasteiger partial charge in [-0.05, 0) is 92.1 Å². The zero-order valence-electron chi connectivity index (χ0n) is 35.0. The number of aromatic nitrogens is 4. The lowest BCUT2D eigenvalue weighted by atomic mass is 9.91. The van der Waals surface area contributed by atoms with Crippen LogP contribution >= 0.6 is 0 Å². The lowest BCUT2D eigenvalue weighted by Gasteiger charge is -2.40. The molecule has 4 aliphatic rings. The highest BCUT2D eigenvalue weighted by Crippen LogP contribution is 2.39. The van der Waals surface area contributed by atoms with Crippen LogP contribution in [0.5, 0.6) is 0 Å². The van der Waals surface area contributed by atoms with Gasteiger partial charge in [-0.1, -0.05) is 6.07 Å². The monoisotopic (exact) mass is 900 g/mol. The molecule has 14 nitrogen and oxygen atoms in total. The van der Waals surface area contributed by atoms with E-state index in [1.54, 1.807) is 30.5 Å². The van der Waals surface area contributed by atoms with Crippen LogP contribution in [0.25, 0.3) is 28.1 Å². The van der Waals surface area contributed by atoms with Crippen LogP contribution in [0.2, 0.25) is 0 Å². The fourth-order valence-corrected chi connectivity index (χ4v) is 10.5. The molecule has 2 N–H and O–H groups in total. The molecule has 0 bridgehead atoms. The van der Waals surface area contributed by atoms with Gasteiger partial charge < -0.3 is 9.80 Å². The number of anilines is 3. The number of hydrogen-bond donors (Lipinski definition) is 2. The highest BCUT2D eigenvalue weighted by molar-refractivity contribution is 7.90. The molecule has 19 heteroatoms. The Hall–Kier alpha value is -5.92.